The van der Waals surface area contributed by atoms with Gasteiger partial charge in [0.05, 0.1) is 0 Å². The highest BCUT2D eigenvalue weighted by Gasteiger charge is 2.43. The Bertz CT molecular complexity index is 429. The number of hydrogen-bond acceptors (Lipinski definition) is 3. The number of nitrogens with one attached hydrogen (secondary N) is 1. The lowest BCUT2D eigenvalue weighted by Crippen LogP contribution is -2.39. The van der Waals surface area contributed by atoms with E-state index in [9.17, 15) is 13.2 Å². The number of carbonyl (C=O) groups is 1. The third-order valence-electron chi connectivity index (χ3n) is 4.36. The Hall–Kier alpha value is -0.620. The Balaban J connectivity index is 1.93. The second-order valence-electron chi connectivity index (χ2n) is 5.48. The zero-order valence-corrected chi connectivity index (χ0v) is 11.9. The molecule has 0 aromatic carbocycles. The SMILES string of the molecule is CCN1CC(S(=O)(=O)NCC2(CC)CC2)CC1=O. The average molecular weight is 274 g/mol. The van der Waals surface area contributed by atoms with E-state index in [0.717, 1.165) is 19.3 Å². The number of hydrogen-bond donors (Lipinski definition) is 1. The van der Waals surface area contributed by atoms with Crippen LogP contribution >= 0.6 is 0 Å². The van der Waals surface area contributed by atoms with E-state index >= 15 is 0 Å². The predicted octanol–water partition coefficient (Wildman–Crippen LogP) is 0.717. The molecule has 1 aliphatic heterocycles. The van der Waals surface area contributed by atoms with Gasteiger partial charge in [0.1, 0.15) is 5.25 Å². The Morgan fingerprint density at radius 3 is 2.50 bits per heavy atom. The van der Waals surface area contributed by atoms with Crippen molar-refractivity contribution >= 4 is 15.9 Å². The summed E-state index contributed by atoms with van der Waals surface area (Å²) in [7, 11) is -3.35. The summed E-state index contributed by atoms with van der Waals surface area (Å²) in [5, 5.41) is -0.572. The van der Waals surface area contributed by atoms with Crippen molar-refractivity contribution in [2.75, 3.05) is 19.6 Å². The first-order chi connectivity index (χ1) is 8.42. The zero-order chi connectivity index (χ0) is 13.4. The van der Waals surface area contributed by atoms with Crippen LogP contribution in [0.3, 0.4) is 0 Å². The van der Waals surface area contributed by atoms with Crippen molar-refractivity contribution in [3.63, 3.8) is 0 Å². The molecule has 104 valence electrons. The molecule has 2 fully saturated rings. The topological polar surface area (TPSA) is 66.5 Å². The van der Waals surface area contributed by atoms with E-state index in [1.54, 1.807) is 4.90 Å². The van der Waals surface area contributed by atoms with Crippen molar-refractivity contribution < 1.29 is 13.2 Å². The molecule has 18 heavy (non-hydrogen) atoms. The lowest BCUT2D eigenvalue weighted by atomic mass is 10.1. The quantitative estimate of drug-likeness (QED) is 0.776. The summed E-state index contributed by atoms with van der Waals surface area (Å²) in [6.07, 6.45) is 3.36. The van der Waals surface area contributed by atoms with Gasteiger partial charge in [0, 0.05) is 26.1 Å². The summed E-state index contributed by atoms with van der Waals surface area (Å²) >= 11 is 0. The maximum absolute atomic E-state index is 12.1. The summed E-state index contributed by atoms with van der Waals surface area (Å²) in [5.41, 5.74) is 0.195. The monoisotopic (exact) mass is 274 g/mol. The molecule has 1 saturated carbocycles. The molecule has 1 atom stereocenters. The zero-order valence-electron chi connectivity index (χ0n) is 11.1. The fourth-order valence-corrected chi connectivity index (χ4v) is 3.93. The normalized spacial score (nSPS) is 26.7. The Kier molecular flexibility index (Phi) is 3.69. The average Bonchev–Trinajstić information content (AvgIpc) is 3.03. The second kappa shape index (κ2) is 4.81. The van der Waals surface area contributed by atoms with Gasteiger partial charge in [-0.25, -0.2) is 13.1 Å². The molecule has 0 bridgehead atoms. The molecule has 0 aromatic rings. The third kappa shape index (κ3) is 2.69. The van der Waals surface area contributed by atoms with Crippen LogP contribution in [0.15, 0.2) is 0 Å². The molecule has 1 heterocycles. The fraction of sp³-hybridized carbons (Fsp3) is 0.917. The van der Waals surface area contributed by atoms with Crippen molar-refractivity contribution in [2.24, 2.45) is 5.41 Å². The van der Waals surface area contributed by atoms with Gasteiger partial charge < -0.3 is 4.90 Å². The van der Waals surface area contributed by atoms with Gasteiger partial charge in [0.25, 0.3) is 0 Å². The molecule has 0 aromatic heterocycles. The first kappa shape index (κ1) is 13.8. The van der Waals surface area contributed by atoms with Gasteiger partial charge in [-0.05, 0) is 31.6 Å². The van der Waals surface area contributed by atoms with Gasteiger partial charge in [-0.1, -0.05) is 6.92 Å². The number of nitrogens with zero attached hydrogens (tertiary/aromatic N) is 1. The molecule has 1 aliphatic carbocycles. The standard InChI is InChI=1S/C12H22N2O3S/c1-3-12(5-6-12)9-13-18(16,17)10-7-11(15)14(4-2)8-10/h10,13H,3-9H2,1-2H3. The summed E-state index contributed by atoms with van der Waals surface area (Å²) in [5.74, 6) is -0.0514. The van der Waals surface area contributed by atoms with Crippen LogP contribution in [0.25, 0.3) is 0 Å². The van der Waals surface area contributed by atoms with Crippen molar-refractivity contribution in [3.05, 3.63) is 0 Å². The maximum Gasteiger partial charge on any atom is 0.224 e. The van der Waals surface area contributed by atoms with Gasteiger partial charge in [0.2, 0.25) is 15.9 Å². The molecule has 0 radical (unpaired) electrons. The molecular weight excluding hydrogens is 252 g/mol. The number of sulfonamides is 1. The van der Waals surface area contributed by atoms with Crippen LogP contribution in [0.2, 0.25) is 0 Å². The summed E-state index contributed by atoms with van der Waals surface area (Å²) in [4.78, 5) is 13.2. The van der Waals surface area contributed by atoms with Crippen molar-refractivity contribution in [3.8, 4) is 0 Å². The third-order valence-corrected chi connectivity index (χ3v) is 6.10. The van der Waals surface area contributed by atoms with E-state index in [4.69, 9.17) is 0 Å². The Morgan fingerprint density at radius 1 is 1.39 bits per heavy atom. The molecule has 2 aliphatic rings. The van der Waals surface area contributed by atoms with E-state index < -0.39 is 15.3 Å². The summed E-state index contributed by atoms with van der Waals surface area (Å²) < 4.78 is 27.0. The highest BCUT2D eigenvalue weighted by Crippen LogP contribution is 2.48. The summed E-state index contributed by atoms with van der Waals surface area (Å²) in [6.45, 7) is 5.42. The predicted molar refractivity (Wildman–Crippen MR) is 69.5 cm³/mol. The first-order valence-corrected chi connectivity index (χ1v) is 8.23. The Morgan fingerprint density at radius 2 is 2.06 bits per heavy atom. The van der Waals surface area contributed by atoms with E-state index in [1.165, 1.54) is 0 Å². The number of carbonyl (C=O) groups excluding carboxylic acids is 1. The molecule has 5 nitrogen and oxygen atoms in total. The number of rotatable bonds is 6. The van der Waals surface area contributed by atoms with E-state index in [0.29, 0.717) is 19.6 Å². The lowest BCUT2D eigenvalue weighted by Gasteiger charge is -2.17. The van der Waals surface area contributed by atoms with Gasteiger partial charge in [0.15, 0.2) is 0 Å². The van der Waals surface area contributed by atoms with Crippen LogP contribution < -0.4 is 4.72 Å². The number of likely N-dealkylation sites (tertiary alicyclic amines) is 1. The van der Waals surface area contributed by atoms with E-state index in [1.807, 2.05) is 6.92 Å². The van der Waals surface area contributed by atoms with Crippen LogP contribution in [0.5, 0.6) is 0 Å². The summed E-state index contributed by atoms with van der Waals surface area (Å²) in [6, 6.07) is 0. The van der Waals surface area contributed by atoms with Gasteiger partial charge >= 0.3 is 0 Å². The highest BCUT2D eigenvalue weighted by atomic mass is 32.2. The molecule has 0 spiro atoms. The van der Waals surface area contributed by atoms with Crippen molar-refractivity contribution in [2.45, 2.75) is 44.8 Å². The van der Waals surface area contributed by atoms with Gasteiger partial charge in [-0.2, -0.15) is 0 Å². The van der Waals surface area contributed by atoms with Crippen LogP contribution in [0, 0.1) is 5.41 Å². The number of amides is 1. The molecule has 2 rings (SSSR count). The molecular formula is C12H22N2O3S. The molecule has 1 amide bonds. The largest absolute Gasteiger partial charge is 0.342 e. The smallest absolute Gasteiger partial charge is 0.224 e. The van der Waals surface area contributed by atoms with Gasteiger partial charge in [-0.15, -0.1) is 0 Å². The molecule has 1 N–H and O–H groups in total. The maximum atomic E-state index is 12.1. The molecule has 6 heteroatoms. The molecule has 1 saturated heterocycles. The van der Waals surface area contributed by atoms with Crippen molar-refractivity contribution in [1.82, 2.24) is 9.62 Å². The fourth-order valence-electron chi connectivity index (χ4n) is 2.45. The minimum atomic E-state index is -3.35. The highest BCUT2D eigenvalue weighted by molar-refractivity contribution is 7.90. The minimum Gasteiger partial charge on any atom is -0.342 e. The van der Waals surface area contributed by atoms with Crippen LogP contribution in [0.1, 0.15) is 39.5 Å². The van der Waals surface area contributed by atoms with Crippen molar-refractivity contribution in [1.29, 1.82) is 0 Å². The van der Waals surface area contributed by atoms with E-state index in [-0.39, 0.29) is 17.7 Å². The lowest BCUT2D eigenvalue weighted by molar-refractivity contribution is -0.127. The van der Waals surface area contributed by atoms with Crippen LogP contribution in [-0.2, 0) is 14.8 Å². The second-order valence-corrected chi connectivity index (χ2v) is 7.52. The van der Waals surface area contributed by atoms with Gasteiger partial charge in [-0.3, -0.25) is 4.79 Å². The van der Waals surface area contributed by atoms with E-state index in [2.05, 4.69) is 11.6 Å². The molecule has 1 unspecified atom stereocenters. The first-order valence-electron chi connectivity index (χ1n) is 6.69. The minimum absolute atomic E-state index is 0.0514. The van der Waals surface area contributed by atoms with Crippen LogP contribution in [-0.4, -0.2) is 44.1 Å². The Labute approximate surface area is 109 Å². The van der Waals surface area contributed by atoms with Crippen LogP contribution in [0.4, 0.5) is 0 Å².